The molecule has 3 rings (SSSR count). The standard InChI is InChI=1S/C17H13NO3/c19-10-12-5-7-14(8-6-12)21-11-13-9-17(20)18-16-4-2-1-3-15(13)16/h1-10H,11H2,(H,18,20). The molecule has 1 heterocycles. The molecule has 0 spiro atoms. The lowest BCUT2D eigenvalue weighted by Gasteiger charge is -2.08. The summed E-state index contributed by atoms with van der Waals surface area (Å²) in [6, 6.07) is 16.0. The third-order valence-corrected chi connectivity index (χ3v) is 3.25. The molecule has 0 aliphatic rings. The molecule has 0 saturated carbocycles. The minimum absolute atomic E-state index is 0.149. The molecule has 0 fully saturated rings. The lowest BCUT2D eigenvalue weighted by atomic mass is 10.1. The van der Waals surface area contributed by atoms with Crippen molar-refractivity contribution in [3.05, 3.63) is 76.1 Å². The molecule has 104 valence electrons. The highest BCUT2D eigenvalue weighted by molar-refractivity contribution is 5.81. The van der Waals surface area contributed by atoms with Gasteiger partial charge in [0.25, 0.3) is 0 Å². The number of hydrogen-bond acceptors (Lipinski definition) is 3. The number of nitrogens with one attached hydrogen (secondary N) is 1. The quantitative estimate of drug-likeness (QED) is 0.747. The zero-order chi connectivity index (χ0) is 14.7. The molecule has 0 aliphatic carbocycles. The number of aldehydes is 1. The van der Waals surface area contributed by atoms with Gasteiger partial charge in [-0.15, -0.1) is 0 Å². The van der Waals surface area contributed by atoms with Crippen molar-refractivity contribution >= 4 is 17.2 Å². The van der Waals surface area contributed by atoms with Gasteiger partial charge in [-0.2, -0.15) is 0 Å². The zero-order valence-electron chi connectivity index (χ0n) is 11.2. The van der Waals surface area contributed by atoms with Gasteiger partial charge in [0, 0.05) is 28.1 Å². The molecular formula is C17H13NO3. The number of benzene rings is 2. The number of para-hydroxylation sites is 1. The number of fused-ring (bicyclic) bond motifs is 1. The Hall–Kier alpha value is -2.88. The molecule has 2 aromatic carbocycles. The molecular weight excluding hydrogens is 266 g/mol. The first-order valence-corrected chi connectivity index (χ1v) is 6.55. The van der Waals surface area contributed by atoms with Crippen LogP contribution in [0.2, 0.25) is 0 Å². The van der Waals surface area contributed by atoms with E-state index in [4.69, 9.17) is 4.74 Å². The van der Waals surface area contributed by atoms with Crippen LogP contribution in [-0.2, 0) is 6.61 Å². The summed E-state index contributed by atoms with van der Waals surface area (Å²) in [6.07, 6.45) is 0.786. The van der Waals surface area contributed by atoms with Crippen LogP contribution in [-0.4, -0.2) is 11.3 Å². The number of carbonyl (C=O) groups excluding carboxylic acids is 1. The fourth-order valence-corrected chi connectivity index (χ4v) is 2.20. The molecule has 1 N–H and O–H groups in total. The van der Waals surface area contributed by atoms with Crippen LogP contribution < -0.4 is 10.3 Å². The summed E-state index contributed by atoms with van der Waals surface area (Å²) in [6.45, 7) is 0.296. The van der Waals surface area contributed by atoms with E-state index in [0.717, 1.165) is 22.8 Å². The van der Waals surface area contributed by atoms with Crippen molar-refractivity contribution in [1.82, 2.24) is 4.98 Å². The summed E-state index contributed by atoms with van der Waals surface area (Å²) >= 11 is 0. The van der Waals surface area contributed by atoms with Gasteiger partial charge < -0.3 is 9.72 Å². The first-order valence-electron chi connectivity index (χ1n) is 6.55. The van der Waals surface area contributed by atoms with Gasteiger partial charge in [0.05, 0.1) is 0 Å². The van der Waals surface area contributed by atoms with Crippen LogP contribution in [0.25, 0.3) is 10.9 Å². The fraction of sp³-hybridized carbons (Fsp3) is 0.0588. The van der Waals surface area contributed by atoms with Crippen LogP contribution in [0, 0.1) is 0 Å². The van der Waals surface area contributed by atoms with E-state index in [9.17, 15) is 9.59 Å². The van der Waals surface area contributed by atoms with E-state index in [1.165, 1.54) is 0 Å². The van der Waals surface area contributed by atoms with Crippen molar-refractivity contribution in [2.75, 3.05) is 0 Å². The second kappa shape index (κ2) is 5.63. The molecule has 0 amide bonds. The molecule has 0 bridgehead atoms. The zero-order valence-corrected chi connectivity index (χ0v) is 11.2. The Bertz CT molecular complexity index is 835. The summed E-state index contributed by atoms with van der Waals surface area (Å²) in [5, 5.41) is 0.960. The van der Waals surface area contributed by atoms with Crippen molar-refractivity contribution in [2.45, 2.75) is 6.61 Å². The number of rotatable bonds is 4. The summed E-state index contributed by atoms with van der Waals surface area (Å²) in [4.78, 5) is 25.0. The highest BCUT2D eigenvalue weighted by Gasteiger charge is 2.04. The fourth-order valence-electron chi connectivity index (χ4n) is 2.20. The molecule has 21 heavy (non-hydrogen) atoms. The van der Waals surface area contributed by atoms with E-state index < -0.39 is 0 Å². The molecule has 4 heteroatoms. The number of carbonyl (C=O) groups is 1. The maximum absolute atomic E-state index is 11.6. The first-order chi connectivity index (χ1) is 10.3. The number of hydrogen-bond donors (Lipinski definition) is 1. The molecule has 0 aliphatic heterocycles. The molecule has 3 aromatic rings. The highest BCUT2D eigenvalue weighted by atomic mass is 16.5. The summed E-state index contributed by atoms with van der Waals surface area (Å²) in [5.74, 6) is 0.657. The van der Waals surface area contributed by atoms with E-state index in [1.807, 2.05) is 24.3 Å². The van der Waals surface area contributed by atoms with Crippen LogP contribution in [0.1, 0.15) is 15.9 Å². The Morgan fingerprint density at radius 1 is 1.05 bits per heavy atom. The van der Waals surface area contributed by atoms with Crippen molar-refractivity contribution in [2.24, 2.45) is 0 Å². The van der Waals surface area contributed by atoms with Crippen LogP contribution in [0.3, 0.4) is 0 Å². The van der Waals surface area contributed by atoms with Crippen LogP contribution in [0.4, 0.5) is 0 Å². The van der Waals surface area contributed by atoms with Crippen molar-refractivity contribution in [3.63, 3.8) is 0 Å². The topological polar surface area (TPSA) is 59.2 Å². The van der Waals surface area contributed by atoms with Gasteiger partial charge in [-0.25, -0.2) is 0 Å². The van der Waals surface area contributed by atoms with Crippen LogP contribution >= 0.6 is 0 Å². The number of H-pyrrole nitrogens is 1. The predicted octanol–water partition coefficient (Wildman–Crippen LogP) is 2.92. The Morgan fingerprint density at radius 3 is 2.57 bits per heavy atom. The lowest BCUT2D eigenvalue weighted by Crippen LogP contribution is -2.08. The average molecular weight is 279 g/mol. The molecule has 0 saturated heterocycles. The van der Waals surface area contributed by atoms with E-state index in [1.54, 1.807) is 30.3 Å². The maximum atomic E-state index is 11.6. The van der Waals surface area contributed by atoms with Crippen LogP contribution in [0.5, 0.6) is 5.75 Å². The average Bonchev–Trinajstić information content (AvgIpc) is 2.53. The highest BCUT2D eigenvalue weighted by Crippen LogP contribution is 2.18. The Balaban J connectivity index is 1.87. The third kappa shape index (κ3) is 2.84. The largest absolute Gasteiger partial charge is 0.489 e. The molecule has 1 aromatic heterocycles. The van der Waals surface area contributed by atoms with E-state index in [2.05, 4.69) is 4.98 Å². The van der Waals surface area contributed by atoms with Gasteiger partial charge in [-0.1, -0.05) is 18.2 Å². The van der Waals surface area contributed by atoms with Gasteiger partial charge in [0.2, 0.25) is 5.56 Å². The number of ether oxygens (including phenoxy) is 1. The Labute approximate surface area is 121 Å². The van der Waals surface area contributed by atoms with E-state index >= 15 is 0 Å². The summed E-state index contributed by atoms with van der Waals surface area (Å²) in [7, 11) is 0. The molecule has 0 atom stereocenters. The Kier molecular flexibility index (Phi) is 3.51. The van der Waals surface area contributed by atoms with Crippen molar-refractivity contribution in [1.29, 1.82) is 0 Å². The van der Waals surface area contributed by atoms with Gasteiger partial charge in [-0.05, 0) is 30.3 Å². The van der Waals surface area contributed by atoms with E-state index in [-0.39, 0.29) is 5.56 Å². The molecule has 4 nitrogen and oxygen atoms in total. The van der Waals surface area contributed by atoms with Crippen LogP contribution in [0.15, 0.2) is 59.4 Å². The van der Waals surface area contributed by atoms with Gasteiger partial charge in [0.15, 0.2) is 0 Å². The first kappa shape index (κ1) is 13.1. The molecule has 0 unspecified atom stereocenters. The van der Waals surface area contributed by atoms with Crippen molar-refractivity contribution in [3.8, 4) is 5.75 Å². The minimum atomic E-state index is -0.149. The number of aromatic nitrogens is 1. The molecule has 0 radical (unpaired) electrons. The second-order valence-corrected chi connectivity index (χ2v) is 4.68. The normalized spacial score (nSPS) is 10.5. The second-order valence-electron chi connectivity index (χ2n) is 4.68. The minimum Gasteiger partial charge on any atom is -0.489 e. The number of pyridine rings is 1. The lowest BCUT2D eigenvalue weighted by molar-refractivity contribution is 0.112. The maximum Gasteiger partial charge on any atom is 0.248 e. The smallest absolute Gasteiger partial charge is 0.248 e. The van der Waals surface area contributed by atoms with Crippen molar-refractivity contribution < 1.29 is 9.53 Å². The Morgan fingerprint density at radius 2 is 1.81 bits per heavy atom. The van der Waals surface area contributed by atoms with Gasteiger partial charge in [0.1, 0.15) is 18.6 Å². The monoisotopic (exact) mass is 279 g/mol. The SMILES string of the molecule is O=Cc1ccc(OCc2cc(=O)[nH]c3ccccc23)cc1. The summed E-state index contributed by atoms with van der Waals surface area (Å²) in [5.41, 5.74) is 2.07. The number of aromatic amines is 1. The van der Waals surface area contributed by atoms with Gasteiger partial charge >= 0.3 is 0 Å². The predicted molar refractivity (Wildman–Crippen MR) is 80.7 cm³/mol. The van der Waals surface area contributed by atoms with E-state index in [0.29, 0.717) is 17.9 Å². The third-order valence-electron chi connectivity index (χ3n) is 3.25. The van der Waals surface area contributed by atoms with Gasteiger partial charge in [-0.3, -0.25) is 9.59 Å². The summed E-state index contributed by atoms with van der Waals surface area (Å²) < 4.78 is 5.69.